The molecule has 0 unspecified atom stereocenters. The number of imidazole rings is 1. The monoisotopic (exact) mass is 312 g/mol. The van der Waals surface area contributed by atoms with Gasteiger partial charge in [0.05, 0.1) is 7.05 Å². The Kier molecular flexibility index (Phi) is 9.46. The standard InChI is InChI=1S/C16H25N2O2.ClH/c1-14(2)6-5-7-15(3)8-11-20-16(19)12-18-10-9-17(4)13-18;/h6,8-10,13H,5,7,11-12H2,1-4H3;1H/q+1;/p-1/b15-8+;. The first-order valence-corrected chi connectivity index (χ1v) is 6.93. The Morgan fingerprint density at radius 3 is 2.57 bits per heavy atom. The van der Waals surface area contributed by atoms with E-state index in [2.05, 4.69) is 26.8 Å². The number of hydrogen-bond donors (Lipinski definition) is 0. The van der Waals surface area contributed by atoms with E-state index in [9.17, 15) is 4.79 Å². The van der Waals surface area contributed by atoms with Crippen molar-refractivity contribution >= 4 is 5.97 Å². The molecule has 0 aliphatic heterocycles. The van der Waals surface area contributed by atoms with Gasteiger partial charge in [-0.1, -0.05) is 17.2 Å². The molecule has 0 atom stereocenters. The second-order valence-electron chi connectivity index (χ2n) is 5.31. The van der Waals surface area contributed by atoms with Gasteiger partial charge in [0.25, 0.3) is 0 Å². The molecule has 1 aromatic heterocycles. The summed E-state index contributed by atoms with van der Waals surface area (Å²) in [5.74, 6) is -0.213. The molecule has 0 aromatic carbocycles. The van der Waals surface area contributed by atoms with Crippen molar-refractivity contribution in [2.75, 3.05) is 6.61 Å². The number of aryl methyl sites for hydroxylation is 1. The molecule has 1 heterocycles. The third-order valence-electron chi connectivity index (χ3n) is 2.90. The SMILES string of the molecule is CC(C)=CCC/C(C)=C/COC(=O)Cn1cc[n+](C)c1.[Cl-]. The maximum Gasteiger partial charge on any atom is 0.348 e. The molecule has 0 saturated carbocycles. The van der Waals surface area contributed by atoms with Gasteiger partial charge in [-0.15, -0.1) is 0 Å². The molecule has 0 fully saturated rings. The molecule has 21 heavy (non-hydrogen) atoms. The molecule has 118 valence electrons. The molecule has 4 nitrogen and oxygen atoms in total. The minimum atomic E-state index is -0.213. The van der Waals surface area contributed by atoms with Gasteiger partial charge in [0.1, 0.15) is 19.0 Å². The van der Waals surface area contributed by atoms with Crippen molar-refractivity contribution in [1.82, 2.24) is 4.57 Å². The number of hydrogen-bond acceptors (Lipinski definition) is 2. The first-order valence-electron chi connectivity index (χ1n) is 6.93. The van der Waals surface area contributed by atoms with Crippen LogP contribution < -0.4 is 17.0 Å². The summed E-state index contributed by atoms with van der Waals surface area (Å²) in [6.45, 7) is 6.88. The van der Waals surface area contributed by atoms with E-state index in [1.807, 2.05) is 36.4 Å². The summed E-state index contributed by atoms with van der Waals surface area (Å²) < 4.78 is 8.88. The molecular weight excluding hydrogens is 288 g/mol. The van der Waals surface area contributed by atoms with Crippen molar-refractivity contribution in [1.29, 1.82) is 0 Å². The predicted octanol–water partition coefficient (Wildman–Crippen LogP) is -0.447. The first kappa shape index (κ1) is 19.4. The van der Waals surface area contributed by atoms with E-state index >= 15 is 0 Å². The van der Waals surface area contributed by atoms with Gasteiger partial charge in [0, 0.05) is 0 Å². The maximum atomic E-state index is 11.6. The number of halogens is 1. The van der Waals surface area contributed by atoms with E-state index in [0.717, 1.165) is 12.8 Å². The molecule has 0 amide bonds. The van der Waals surface area contributed by atoms with Crippen LogP contribution in [0.2, 0.25) is 0 Å². The lowest BCUT2D eigenvalue weighted by atomic mass is 10.1. The summed E-state index contributed by atoms with van der Waals surface area (Å²) in [6.07, 6.45) is 11.8. The van der Waals surface area contributed by atoms with Crippen molar-refractivity contribution in [3.05, 3.63) is 42.0 Å². The molecule has 1 rings (SSSR count). The molecular formula is C16H25ClN2O2. The number of esters is 1. The summed E-state index contributed by atoms with van der Waals surface area (Å²) in [5, 5.41) is 0. The van der Waals surface area contributed by atoms with Crippen molar-refractivity contribution in [2.24, 2.45) is 7.05 Å². The largest absolute Gasteiger partial charge is 1.00 e. The van der Waals surface area contributed by atoms with Crippen molar-refractivity contribution in [3.63, 3.8) is 0 Å². The van der Waals surface area contributed by atoms with Crippen LogP contribution in [-0.2, 0) is 23.1 Å². The van der Waals surface area contributed by atoms with Crippen LogP contribution in [0.25, 0.3) is 0 Å². The van der Waals surface area contributed by atoms with E-state index < -0.39 is 0 Å². The lowest BCUT2D eigenvalue weighted by molar-refractivity contribution is -0.671. The Hall–Kier alpha value is -1.55. The molecule has 0 aliphatic rings. The Morgan fingerprint density at radius 1 is 1.29 bits per heavy atom. The van der Waals surface area contributed by atoms with Gasteiger partial charge in [0.15, 0.2) is 6.54 Å². The van der Waals surface area contributed by atoms with Crippen LogP contribution in [0.15, 0.2) is 42.0 Å². The molecule has 0 N–H and O–H groups in total. The number of nitrogens with zero attached hydrogens (tertiary/aromatic N) is 2. The van der Waals surface area contributed by atoms with Crippen LogP contribution in [0.3, 0.4) is 0 Å². The smallest absolute Gasteiger partial charge is 0.348 e. The van der Waals surface area contributed by atoms with Crippen LogP contribution in [-0.4, -0.2) is 17.1 Å². The Morgan fingerprint density at radius 2 is 2.00 bits per heavy atom. The number of carbonyl (C=O) groups is 1. The second kappa shape index (κ2) is 10.2. The van der Waals surface area contributed by atoms with E-state index in [4.69, 9.17) is 4.74 Å². The van der Waals surface area contributed by atoms with Crippen LogP contribution >= 0.6 is 0 Å². The van der Waals surface area contributed by atoms with Gasteiger partial charge in [-0.05, 0) is 39.7 Å². The predicted molar refractivity (Wildman–Crippen MR) is 79.0 cm³/mol. The lowest BCUT2D eigenvalue weighted by Crippen LogP contribution is -3.00. The third kappa shape index (κ3) is 9.08. The Labute approximate surface area is 133 Å². The average Bonchev–Trinajstić information content (AvgIpc) is 2.74. The van der Waals surface area contributed by atoms with Crippen molar-refractivity contribution in [2.45, 2.75) is 40.2 Å². The van der Waals surface area contributed by atoms with E-state index in [1.165, 1.54) is 11.1 Å². The highest BCUT2D eigenvalue weighted by atomic mass is 35.5. The van der Waals surface area contributed by atoms with Crippen LogP contribution in [0.1, 0.15) is 33.6 Å². The molecule has 0 radical (unpaired) electrons. The van der Waals surface area contributed by atoms with Crippen LogP contribution in [0, 0.1) is 0 Å². The van der Waals surface area contributed by atoms with Gasteiger partial charge in [-0.25, -0.2) is 13.9 Å². The van der Waals surface area contributed by atoms with E-state index in [-0.39, 0.29) is 24.9 Å². The summed E-state index contributed by atoms with van der Waals surface area (Å²) in [5.41, 5.74) is 2.59. The highest BCUT2D eigenvalue weighted by molar-refractivity contribution is 5.69. The molecule has 0 bridgehead atoms. The Balaban J connectivity index is 0.00000400. The second-order valence-corrected chi connectivity index (χ2v) is 5.31. The maximum absolute atomic E-state index is 11.6. The molecule has 0 saturated heterocycles. The molecule has 0 spiro atoms. The minimum Gasteiger partial charge on any atom is -1.00 e. The topological polar surface area (TPSA) is 35.1 Å². The number of allylic oxidation sites excluding steroid dienone is 3. The normalized spacial score (nSPS) is 10.8. The summed E-state index contributed by atoms with van der Waals surface area (Å²) in [4.78, 5) is 11.6. The van der Waals surface area contributed by atoms with Crippen LogP contribution in [0.5, 0.6) is 0 Å². The zero-order valence-electron chi connectivity index (χ0n) is 13.3. The van der Waals surface area contributed by atoms with E-state index in [1.54, 1.807) is 4.57 Å². The lowest BCUT2D eigenvalue weighted by Gasteiger charge is -2.02. The average molecular weight is 313 g/mol. The Bertz CT molecular complexity index is 500. The fourth-order valence-electron chi connectivity index (χ4n) is 1.76. The molecule has 5 heteroatoms. The quantitative estimate of drug-likeness (QED) is 0.388. The van der Waals surface area contributed by atoms with Crippen molar-refractivity contribution in [3.8, 4) is 0 Å². The zero-order valence-corrected chi connectivity index (χ0v) is 14.1. The fourth-order valence-corrected chi connectivity index (χ4v) is 1.76. The van der Waals surface area contributed by atoms with Gasteiger partial charge < -0.3 is 17.1 Å². The van der Waals surface area contributed by atoms with Crippen LogP contribution in [0.4, 0.5) is 0 Å². The zero-order chi connectivity index (χ0) is 15.0. The van der Waals surface area contributed by atoms with Gasteiger partial charge in [0.2, 0.25) is 6.33 Å². The highest BCUT2D eigenvalue weighted by Crippen LogP contribution is 2.06. The number of aromatic nitrogens is 2. The van der Waals surface area contributed by atoms with Gasteiger partial charge in [-0.3, -0.25) is 0 Å². The van der Waals surface area contributed by atoms with E-state index in [0.29, 0.717) is 6.61 Å². The fraction of sp³-hybridized carbons (Fsp3) is 0.500. The van der Waals surface area contributed by atoms with Gasteiger partial charge >= 0.3 is 5.97 Å². The summed E-state index contributed by atoms with van der Waals surface area (Å²) in [6, 6.07) is 0. The number of rotatable bonds is 7. The third-order valence-corrected chi connectivity index (χ3v) is 2.90. The van der Waals surface area contributed by atoms with Gasteiger partial charge in [-0.2, -0.15) is 0 Å². The first-order chi connectivity index (χ1) is 9.47. The van der Waals surface area contributed by atoms with Crippen molar-refractivity contribution < 1.29 is 26.5 Å². The summed E-state index contributed by atoms with van der Waals surface area (Å²) in [7, 11) is 1.92. The molecule has 0 aliphatic carbocycles. The minimum absolute atomic E-state index is 0. The number of carbonyl (C=O) groups excluding carboxylic acids is 1. The highest BCUT2D eigenvalue weighted by Gasteiger charge is 2.08. The summed E-state index contributed by atoms with van der Waals surface area (Å²) >= 11 is 0. The number of ether oxygens (including phenoxy) is 1. The molecule has 1 aromatic rings.